The minimum atomic E-state index is 1.14. The third-order valence-corrected chi connectivity index (χ3v) is 4.95. The lowest BCUT2D eigenvalue weighted by molar-refractivity contribution is 1.03. The minimum Gasteiger partial charge on any atom is -0.311 e. The fourth-order valence-electron chi connectivity index (χ4n) is 3.40. The lowest BCUT2D eigenvalue weighted by atomic mass is 10.1. The van der Waals surface area contributed by atoms with Crippen molar-refractivity contribution in [3.63, 3.8) is 0 Å². The number of rotatable bonds is 5. The quantitative estimate of drug-likeness (QED) is 0.448. The molecule has 1 heteroatoms. The van der Waals surface area contributed by atoms with Gasteiger partial charge in [0.25, 0.3) is 0 Å². The number of aryl methyl sites for hydroxylation is 1. The molecule has 1 aliphatic carbocycles. The number of allylic oxidation sites excluding steroid dienone is 5. The fraction of sp³-hybridized carbons (Fsp3) is 0.111. The standard InChI is InChI=1S/C27H25N/c1-22-12-18-26(19-13-22)28(25-10-6-3-7-11-25)27-20-16-24(17-21-27)15-14-23-8-4-2-5-9-23/h3-4,6-21H,2,5H2,1H3/b15-14+. The van der Waals surface area contributed by atoms with E-state index < -0.39 is 0 Å². The fourth-order valence-corrected chi connectivity index (χ4v) is 3.40. The van der Waals surface area contributed by atoms with Gasteiger partial charge in [0.1, 0.15) is 0 Å². The number of anilines is 3. The van der Waals surface area contributed by atoms with Crippen LogP contribution in [0, 0.1) is 6.92 Å². The lowest BCUT2D eigenvalue weighted by Crippen LogP contribution is -2.09. The predicted octanol–water partition coefficient (Wildman–Crippen LogP) is 7.75. The largest absolute Gasteiger partial charge is 0.311 e. The van der Waals surface area contributed by atoms with Gasteiger partial charge in [0, 0.05) is 17.1 Å². The van der Waals surface area contributed by atoms with Crippen molar-refractivity contribution in [1.82, 2.24) is 0 Å². The van der Waals surface area contributed by atoms with Crippen LogP contribution in [0.3, 0.4) is 0 Å². The molecule has 0 heterocycles. The molecule has 1 nitrogen and oxygen atoms in total. The van der Waals surface area contributed by atoms with Gasteiger partial charge in [-0.15, -0.1) is 0 Å². The zero-order valence-electron chi connectivity index (χ0n) is 16.3. The average Bonchev–Trinajstić information content (AvgIpc) is 2.76. The van der Waals surface area contributed by atoms with Crippen molar-refractivity contribution in [2.45, 2.75) is 19.8 Å². The summed E-state index contributed by atoms with van der Waals surface area (Å²) >= 11 is 0. The predicted molar refractivity (Wildman–Crippen MR) is 121 cm³/mol. The van der Waals surface area contributed by atoms with Crippen molar-refractivity contribution in [2.24, 2.45) is 0 Å². The van der Waals surface area contributed by atoms with E-state index in [2.05, 4.69) is 121 Å². The molecule has 0 aromatic heterocycles. The highest BCUT2D eigenvalue weighted by atomic mass is 15.1. The number of para-hydroxylation sites is 1. The van der Waals surface area contributed by atoms with Crippen LogP contribution >= 0.6 is 0 Å². The highest BCUT2D eigenvalue weighted by Crippen LogP contribution is 2.34. The highest BCUT2D eigenvalue weighted by molar-refractivity contribution is 5.77. The van der Waals surface area contributed by atoms with E-state index in [0.717, 1.165) is 29.9 Å². The molecule has 3 aromatic rings. The van der Waals surface area contributed by atoms with E-state index in [4.69, 9.17) is 0 Å². The summed E-state index contributed by atoms with van der Waals surface area (Å²) in [5, 5.41) is 0. The van der Waals surface area contributed by atoms with E-state index in [1.807, 2.05) is 0 Å². The summed E-state index contributed by atoms with van der Waals surface area (Å²) in [6.07, 6.45) is 13.4. The second-order valence-electron chi connectivity index (χ2n) is 7.12. The normalized spacial score (nSPS) is 13.5. The van der Waals surface area contributed by atoms with E-state index in [-0.39, 0.29) is 0 Å². The zero-order chi connectivity index (χ0) is 19.2. The molecule has 0 atom stereocenters. The molecular formula is C27H25N. The van der Waals surface area contributed by atoms with Crippen molar-refractivity contribution < 1.29 is 0 Å². The smallest absolute Gasteiger partial charge is 0.0462 e. The molecule has 0 radical (unpaired) electrons. The van der Waals surface area contributed by atoms with Gasteiger partial charge in [-0.05, 0) is 67.3 Å². The van der Waals surface area contributed by atoms with Crippen molar-refractivity contribution in [3.8, 4) is 0 Å². The van der Waals surface area contributed by atoms with Gasteiger partial charge >= 0.3 is 0 Å². The Morgan fingerprint density at radius 3 is 1.96 bits per heavy atom. The number of benzene rings is 3. The molecule has 3 aromatic carbocycles. The Bertz CT molecular complexity index is 990. The molecular weight excluding hydrogens is 338 g/mol. The Balaban J connectivity index is 1.63. The monoisotopic (exact) mass is 363 g/mol. The summed E-state index contributed by atoms with van der Waals surface area (Å²) in [5.41, 5.74) is 7.25. The van der Waals surface area contributed by atoms with Gasteiger partial charge in [-0.2, -0.15) is 0 Å². The maximum Gasteiger partial charge on any atom is 0.0462 e. The van der Waals surface area contributed by atoms with Crippen LogP contribution in [0.25, 0.3) is 6.08 Å². The molecule has 0 saturated carbocycles. The SMILES string of the molecule is Cc1ccc(N(c2ccccc2)c2ccc(/C=C/C3=CCCC=C3)cc2)cc1. The maximum atomic E-state index is 2.29. The molecule has 4 rings (SSSR count). The molecule has 0 N–H and O–H groups in total. The van der Waals surface area contributed by atoms with Crippen LogP contribution in [-0.4, -0.2) is 0 Å². The van der Waals surface area contributed by atoms with E-state index in [1.54, 1.807) is 0 Å². The second kappa shape index (κ2) is 8.58. The Kier molecular flexibility index (Phi) is 5.53. The summed E-state index contributed by atoms with van der Waals surface area (Å²) in [6.45, 7) is 2.12. The van der Waals surface area contributed by atoms with Gasteiger partial charge in [-0.25, -0.2) is 0 Å². The first kappa shape index (κ1) is 18.1. The first-order chi connectivity index (χ1) is 13.8. The Labute approximate surface area is 168 Å². The van der Waals surface area contributed by atoms with E-state index in [1.165, 1.54) is 16.7 Å². The van der Waals surface area contributed by atoms with Crippen molar-refractivity contribution in [2.75, 3.05) is 4.90 Å². The van der Waals surface area contributed by atoms with Crippen molar-refractivity contribution >= 4 is 23.1 Å². The van der Waals surface area contributed by atoms with E-state index >= 15 is 0 Å². The third kappa shape index (κ3) is 4.32. The summed E-state index contributed by atoms with van der Waals surface area (Å²) in [4.78, 5) is 2.29. The van der Waals surface area contributed by atoms with Crippen LogP contribution in [-0.2, 0) is 0 Å². The molecule has 138 valence electrons. The lowest BCUT2D eigenvalue weighted by Gasteiger charge is -2.25. The van der Waals surface area contributed by atoms with Crippen LogP contribution < -0.4 is 4.90 Å². The Hall–Kier alpha value is -3.32. The van der Waals surface area contributed by atoms with Crippen LogP contribution in [0.5, 0.6) is 0 Å². The van der Waals surface area contributed by atoms with Crippen molar-refractivity contribution in [1.29, 1.82) is 0 Å². The number of hydrogen-bond donors (Lipinski definition) is 0. The van der Waals surface area contributed by atoms with Gasteiger partial charge in [-0.1, -0.05) is 78.4 Å². The molecule has 0 saturated heterocycles. The van der Waals surface area contributed by atoms with Gasteiger partial charge in [-0.3, -0.25) is 0 Å². The van der Waals surface area contributed by atoms with Crippen LogP contribution in [0.2, 0.25) is 0 Å². The molecule has 0 fully saturated rings. The first-order valence-electron chi connectivity index (χ1n) is 9.86. The Morgan fingerprint density at radius 2 is 1.32 bits per heavy atom. The topological polar surface area (TPSA) is 3.24 Å². The van der Waals surface area contributed by atoms with Gasteiger partial charge in [0.2, 0.25) is 0 Å². The summed E-state index contributed by atoms with van der Waals surface area (Å²) in [6, 6.07) is 27.9. The zero-order valence-corrected chi connectivity index (χ0v) is 16.3. The second-order valence-corrected chi connectivity index (χ2v) is 7.12. The van der Waals surface area contributed by atoms with Gasteiger partial charge in [0.15, 0.2) is 0 Å². The minimum absolute atomic E-state index is 1.14. The summed E-state index contributed by atoms with van der Waals surface area (Å²) < 4.78 is 0. The molecule has 0 bridgehead atoms. The summed E-state index contributed by atoms with van der Waals surface area (Å²) in [5.74, 6) is 0. The van der Waals surface area contributed by atoms with Crippen LogP contribution in [0.15, 0.2) is 109 Å². The van der Waals surface area contributed by atoms with E-state index in [0.29, 0.717) is 0 Å². The first-order valence-corrected chi connectivity index (χ1v) is 9.86. The van der Waals surface area contributed by atoms with Gasteiger partial charge in [0.05, 0.1) is 0 Å². The molecule has 28 heavy (non-hydrogen) atoms. The molecule has 0 aliphatic heterocycles. The average molecular weight is 364 g/mol. The number of nitrogens with zero attached hydrogens (tertiary/aromatic N) is 1. The molecule has 0 unspecified atom stereocenters. The van der Waals surface area contributed by atoms with Crippen LogP contribution in [0.4, 0.5) is 17.1 Å². The summed E-state index contributed by atoms with van der Waals surface area (Å²) in [7, 11) is 0. The highest BCUT2D eigenvalue weighted by Gasteiger charge is 2.11. The molecule has 0 amide bonds. The maximum absolute atomic E-state index is 2.29. The molecule has 0 spiro atoms. The van der Waals surface area contributed by atoms with E-state index in [9.17, 15) is 0 Å². The van der Waals surface area contributed by atoms with Crippen LogP contribution in [0.1, 0.15) is 24.0 Å². The van der Waals surface area contributed by atoms with Gasteiger partial charge < -0.3 is 4.90 Å². The third-order valence-electron chi connectivity index (χ3n) is 4.95. The Morgan fingerprint density at radius 1 is 0.679 bits per heavy atom. The molecule has 1 aliphatic rings. The van der Waals surface area contributed by atoms with Crippen molar-refractivity contribution in [3.05, 3.63) is 120 Å². The number of hydrogen-bond acceptors (Lipinski definition) is 1.